The first-order chi connectivity index (χ1) is 9.99. The molecule has 1 aliphatic heterocycles. The molecule has 1 aliphatic carbocycles. The van der Waals surface area contributed by atoms with Crippen molar-refractivity contribution >= 4 is 23.5 Å². The van der Waals surface area contributed by atoms with Crippen LogP contribution >= 0.6 is 11.6 Å². The normalized spacial score (nSPS) is 17.4. The lowest BCUT2D eigenvalue weighted by atomic mass is 10.1. The highest BCUT2D eigenvalue weighted by Gasteiger charge is 2.39. The van der Waals surface area contributed by atoms with Gasteiger partial charge in [-0.15, -0.1) is 0 Å². The van der Waals surface area contributed by atoms with E-state index in [1.807, 2.05) is 0 Å². The second-order valence-corrected chi connectivity index (χ2v) is 5.56. The van der Waals surface area contributed by atoms with E-state index < -0.39 is 12.0 Å². The number of halogens is 1. The van der Waals surface area contributed by atoms with Crippen LogP contribution < -0.4 is 9.47 Å². The number of hydrogen-bond acceptors (Lipinski definition) is 4. The molecule has 0 aromatic heterocycles. The third-order valence-corrected chi connectivity index (χ3v) is 3.90. The maximum Gasteiger partial charge on any atom is 0.326 e. The van der Waals surface area contributed by atoms with Crippen LogP contribution in [0.3, 0.4) is 0 Å². The molecule has 1 aromatic carbocycles. The minimum Gasteiger partial charge on any atom is -0.480 e. The molecule has 7 heteroatoms. The Bertz CT molecular complexity index is 614. The van der Waals surface area contributed by atoms with E-state index in [0.29, 0.717) is 17.1 Å². The molecule has 1 unspecified atom stereocenters. The molecule has 1 aromatic rings. The van der Waals surface area contributed by atoms with Crippen molar-refractivity contribution < 1.29 is 24.2 Å². The van der Waals surface area contributed by atoms with Gasteiger partial charge in [0.25, 0.3) is 5.91 Å². The Morgan fingerprint density at radius 1 is 1.38 bits per heavy atom. The predicted octanol–water partition coefficient (Wildman–Crippen LogP) is 2.15. The van der Waals surface area contributed by atoms with Crippen LogP contribution in [-0.2, 0) is 4.79 Å². The molecule has 2 aliphatic rings. The molecule has 1 heterocycles. The molecule has 21 heavy (non-hydrogen) atoms. The summed E-state index contributed by atoms with van der Waals surface area (Å²) in [6.45, 7) is 1.57. The highest BCUT2D eigenvalue weighted by molar-refractivity contribution is 6.32. The molecule has 0 radical (unpaired) electrons. The average Bonchev–Trinajstić information content (AvgIpc) is 3.14. The quantitative estimate of drug-likeness (QED) is 0.922. The zero-order valence-electron chi connectivity index (χ0n) is 11.3. The van der Waals surface area contributed by atoms with E-state index in [-0.39, 0.29) is 23.8 Å². The van der Waals surface area contributed by atoms with Crippen molar-refractivity contribution in [3.8, 4) is 11.5 Å². The summed E-state index contributed by atoms with van der Waals surface area (Å²) >= 11 is 6.07. The van der Waals surface area contributed by atoms with E-state index in [1.54, 1.807) is 6.07 Å². The lowest BCUT2D eigenvalue weighted by Gasteiger charge is -2.26. The summed E-state index contributed by atoms with van der Waals surface area (Å²) in [5.74, 6) is -0.559. The summed E-state index contributed by atoms with van der Waals surface area (Å²) in [6.07, 6.45) is 1.64. The summed E-state index contributed by atoms with van der Waals surface area (Å²) in [4.78, 5) is 25.2. The Labute approximate surface area is 126 Å². The summed E-state index contributed by atoms with van der Waals surface area (Å²) in [5.41, 5.74) is 0.309. The number of aliphatic carboxylic acids is 1. The maximum absolute atomic E-state index is 12.6. The van der Waals surface area contributed by atoms with Gasteiger partial charge in [-0.25, -0.2) is 4.79 Å². The topological polar surface area (TPSA) is 76.1 Å². The number of amides is 1. The van der Waals surface area contributed by atoms with Crippen molar-refractivity contribution in [2.45, 2.75) is 31.8 Å². The SMILES string of the molecule is CC(C(=O)O)N(C(=O)c1cc(Cl)c2c(c1)OCO2)C1CC1. The molecule has 1 atom stereocenters. The summed E-state index contributed by atoms with van der Waals surface area (Å²) in [5, 5.41) is 9.45. The summed E-state index contributed by atoms with van der Waals surface area (Å²) in [7, 11) is 0. The lowest BCUT2D eigenvalue weighted by Crippen LogP contribution is -2.44. The van der Waals surface area contributed by atoms with Crippen molar-refractivity contribution in [3.05, 3.63) is 22.7 Å². The van der Waals surface area contributed by atoms with Gasteiger partial charge in [0.1, 0.15) is 6.04 Å². The fraction of sp³-hybridized carbons (Fsp3) is 0.429. The first-order valence-corrected chi connectivity index (χ1v) is 7.01. The maximum atomic E-state index is 12.6. The Morgan fingerprint density at radius 3 is 2.71 bits per heavy atom. The number of benzene rings is 1. The van der Waals surface area contributed by atoms with Crippen LogP contribution in [0, 0.1) is 0 Å². The highest BCUT2D eigenvalue weighted by Crippen LogP contribution is 2.40. The molecule has 3 rings (SSSR count). The minimum absolute atomic E-state index is 0.0206. The first kappa shape index (κ1) is 14.0. The van der Waals surface area contributed by atoms with Gasteiger partial charge in [-0.1, -0.05) is 11.6 Å². The molecule has 1 fully saturated rings. The lowest BCUT2D eigenvalue weighted by molar-refractivity contribution is -0.141. The number of carbonyl (C=O) groups is 2. The molecule has 0 saturated heterocycles. The Morgan fingerprint density at radius 2 is 2.10 bits per heavy atom. The minimum atomic E-state index is -1.03. The van der Waals surface area contributed by atoms with Crippen LogP contribution in [0.1, 0.15) is 30.1 Å². The second kappa shape index (κ2) is 5.11. The van der Waals surface area contributed by atoms with E-state index in [0.717, 1.165) is 12.8 Å². The van der Waals surface area contributed by atoms with Crippen molar-refractivity contribution in [1.29, 1.82) is 0 Å². The van der Waals surface area contributed by atoms with Crippen LogP contribution in [0.5, 0.6) is 11.5 Å². The smallest absolute Gasteiger partial charge is 0.326 e. The van der Waals surface area contributed by atoms with E-state index in [1.165, 1.54) is 17.9 Å². The van der Waals surface area contributed by atoms with Gasteiger partial charge >= 0.3 is 5.97 Å². The number of hydrogen-bond donors (Lipinski definition) is 1. The molecular weight excluding hydrogens is 298 g/mol. The third-order valence-electron chi connectivity index (χ3n) is 3.62. The third kappa shape index (κ3) is 2.51. The van der Waals surface area contributed by atoms with E-state index >= 15 is 0 Å². The van der Waals surface area contributed by atoms with Gasteiger partial charge < -0.3 is 19.5 Å². The number of carboxylic acids is 1. The molecule has 6 nitrogen and oxygen atoms in total. The zero-order valence-corrected chi connectivity index (χ0v) is 12.1. The van der Waals surface area contributed by atoms with Crippen LogP contribution in [-0.4, -0.2) is 40.8 Å². The fourth-order valence-electron chi connectivity index (χ4n) is 2.37. The van der Waals surface area contributed by atoms with Gasteiger partial charge in [0, 0.05) is 11.6 Å². The van der Waals surface area contributed by atoms with Crippen molar-refractivity contribution in [2.75, 3.05) is 6.79 Å². The van der Waals surface area contributed by atoms with E-state index in [2.05, 4.69) is 0 Å². The van der Waals surface area contributed by atoms with Crippen LogP contribution in [0.15, 0.2) is 12.1 Å². The number of carbonyl (C=O) groups excluding carboxylic acids is 1. The molecular formula is C14H14ClNO5. The van der Waals surface area contributed by atoms with Crippen LogP contribution in [0.4, 0.5) is 0 Å². The molecule has 1 amide bonds. The Hall–Kier alpha value is -1.95. The monoisotopic (exact) mass is 311 g/mol. The predicted molar refractivity (Wildman–Crippen MR) is 73.9 cm³/mol. The van der Waals surface area contributed by atoms with Gasteiger partial charge in [0.2, 0.25) is 6.79 Å². The number of fused-ring (bicyclic) bond motifs is 1. The van der Waals surface area contributed by atoms with Gasteiger partial charge in [-0.2, -0.15) is 0 Å². The summed E-state index contributed by atoms with van der Waals surface area (Å²) < 4.78 is 10.4. The van der Waals surface area contributed by atoms with Crippen molar-refractivity contribution in [3.63, 3.8) is 0 Å². The first-order valence-electron chi connectivity index (χ1n) is 6.63. The van der Waals surface area contributed by atoms with Crippen LogP contribution in [0.25, 0.3) is 0 Å². The molecule has 0 spiro atoms. The van der Waals surface area contributed by atoms with Gasteiger partial charge in [0.15, 0.2) is 11.5 Å². The largest absolute Gasteiger partial charge is 0.480 e. The second-order valence-electron chi connectivity index (χ2n) is 5.15. The van der Waals surface area contributed by atoms with E-state index in [9.17, 15) is 9.59 Å². The molecule has 1 saturated carbocycles. The number of rotatable bonds is 4. The van der Waals surface area contributed by atoms with Crippen molar-refractivity contribution in [1.82, 2.24) is 4.90 Å². The van der Waals surface area contributed by atoms with E-state index in [4.69, 9.17) is 26.2 Å². The average molecular weight is 312 g/mol. The number of nitrogens with zero attached hydrogens (tertiary/aromatic N) is 1. The Kier molecular flexibility index (Phi) is 3.41. The number of carboxylic acid groups (broad SMARTS) is 1. The molecule has 112 valence electrons. The molecule has 1 N–H and O–H groups in total. The summed E-state index contributed by atoms with van der Waals surface area (Å²) in [6, 6.07) is 2.13. The van der Waals surface area contributed by atoms with Crippen LogP contribution in [0.2, 0.25) is 5.02 Å². The molecule has 0 bridgehead atoms. The highest BCUT2D eigenvalue weighted by atomic mass is 35.5. The number of ether oxygens (including phenoxy) is 2. The van der Waals surface area contributed by atoms with Crippen molar-refractivity contribution in [2.24, 2.45) is 0 Å². The Balaban J connectivity index is 1.93. The van der Waals surface area contributed by atoms with Gasteiger partial charge in [-0.05, 0) is 31.9 Å². The zero-order chi connectivity index (χ0) is 15.1. The van der Waals surface area contributed by atoms with Gasteiger partial charge in [0.05, 0.1) is 5.02 Å². The fourth-order valence-corrected chi connectivity index (χ4v) is 2.63. The van der Waals surface area contributed by atoms with Gasteiger partial charge in [-0.3, -0.25) is 4.79 Å². The standard InChI is InChI=1S/C14H14ClNO5/c1-7(14(18)19)16(9-2-3-9)13(17)8-4-10(15)12-11(5-8)20-6-21-12/h4-5,7,9H,2-3,6H2,1H3,(H,18,19).